The van der Waals surface area contributed by atoms with Crippen molar-refractivity contribution in [1.29, 1.82) is 0 Å². The Morgan fingerprint density at radius 1 is 0.839 bits per heavy atom. The molecule has 3 rings (SSSR count). The van der Waals surface area contributed by atoms with Crippen molar-refractivity contribution in [1.82, 2.24) is 5.43 Å². The molecule has 0 unspecified atom stereocenters. The van der Waals surface area contributed by atoms with E-state index in [1.807, 2.05) is 19.1 Å². The molecule has 1 amide bonds. The molecule has 0 atom stereocenters. The first kappa shape index (κ1) is 21.6. The Balaban J connectivity index is 1.65. The van der Waals surface area contributed by atoms with Gasteiger partial charge in [-0.1, -0.05) is 17.7 Å². The summed E-state index contributed by atoms with van der Waals surface area (Å²) in [6, 6.07) is 18.7. The lowest BCUT2D eigenvalue weighted by molar-refractivity contribution is 0.0729. The Kier molecular flexibility index (Phi) is 7.01. The van der Waals surface area contributed by atoms with Gasteiger partial charge in [-0.15, -0.1) is 0 Å². The van der Waals surface area contributed by atoms with E-state index in [1.54, 1.807) is 61.7 Å². The van der Waals surface area contributed by atoms with Crippen LogP contribution in [0.3, 0.4) is 0 Å². The van der Waals surface area contributed by atoms with Gasteiger partial charge < -0.3 is 14.2 Å². The molecule has 0 spiro atoms. The van der Waals surface area contributed by atoms with Crippen LogP contribution in [0.25, 0.3) is 0 Å². The third-order valence-electron chi connectivity index (χ3n) is 4.41. The molecule has 7 nitrogen and oxygen atoms in total. The standard InChI is InChI=1S/C24H22N2O5/c1-16-4-7-19(8-5-16)24(28)31-21-13-6-17(14-22(21)30-3)15-25-26-23(27)18-9-11-20(29-2)12-10-18/h4-15H,1-3H3,(H,26,27). The monoisotopic (exact) mass is 418 g/mol. The maximum atomic E-state index is 12.3. The summed E-state index contributed by atoms with van der Waals surface area (Å²) in [5, 5.41) is 3.96. The smallest absolute Gasteiger partial charge is 0.343 e. The van der Waals surface area contributed by atoms with Crippen LogP contribution in [0, 0.1) is 6.92 Å². The molecule has 0 aliphatic carbocycles. The number of nitrogens with zero attached hydrogens (tertiary/aromatic N) is 1. The van der Waals surface area contributed by atoms with Crippen LogP contribution in [0.15, 0.2) is 71.8 Å². The molecule has 0 heterocycles. The second-order valence-corrected chi connectivity index (χ2v) is 6.59. The number of hydrogen-bond acceptors (Lipinski definition) is 6. The molecule has 0 saturated carbocycles. The Hall–Kier alpha value is -4.13. The van der Waals surface area contributed by atoms with Gasteiger partial charge in [-0.2, -0.15) is 5.10 Å². The van der Waals surface area contributed by atoms with Crippen LogP contribution < -0.4 is 19.6 Å². The van der Waals surface area contributed by atoms with Crippen LogP contribution >= 0.6 is 0 Å². The normalized spacial score (nSPS) is 10.5. The SMILES string of the molecule is COc1ccc(C(=O)NN=Cc2ccc(OC(=O)c3ccc(C)cc3)c(OC)c2)cc1. The van der Waals surface area contributed by atoms with Gasteiger partial charge >= 0.3 is 5.97 Å². The van der Waals surface area contributed by atoms with Gasteiger partial charge in [0.25, 0.3) is 5.91 Å². The molecule has 158 valence electrons. The van der Waals surface area contributed by atoms with Gasteiger partial charge in [0, 0.05) is 5.56 Å². The fraction of sp³-hybridized carbons (Fsp3) is 0.125. The van der Waals surface area contributed by atoms with Gasteiger partial charge in [0.05, 0.1) is 26.0 Å². The molecule has 0 aromatic heterocycles. The molecule has 0 saturated heterocycles. The van der Waals surface area contributed by atoms with Crippen molar-refractivity contribution in [3.63, 3.8) is 0 Å². The summed E-state index contributed by atoms with van der Waals surface area (Å²) in [5.41, 5.74) is 5.06. The lowest BCUT2D eigenvalue weighted by Gasteiger charge is -2.10. The van der Waals surface area contributed by atoms with E-state index in [1.165, 1.54) is 13.3 Å². The van der Waals surface area contributed by atoms with Gasteiger partial charge in [0.15, 0.2) is 11.5 Å². The Morgan fingerprint density at radius 3 is 2.16 bits per heavy atom. The number of rotatable bonds is 7. The van der Waals surface area contributed by atoms with Crippen LogP contribution in [-0.4, -0.2) is 32.3 Å². The van der Waals surface area contributed by atoms with E-state index >= 15 is 0 Å². The minimum absolute atomic E-state index is 0.285. The Labute approximate surface area is 180 Å². The number of ether oxygens (including phenoxy) is 3. The van der Waals surface area contributed by atoms with Crippen molar-refractivity contribution in [2.24, 2.45) is 5.10 Å². The first-order valence-corrected chi connectivity index (χ1v) is 9.44. The van der Waals surface area contributed by atoms with Crippen LogP contribution in [0.2, 0.25) is 0 Å². The third-order valence-corrected chi connectivity index (χ3v) is 4.41. The fourth-order valence-electron chi connectivity index (χ4n) is 2.67. The lowest BCUT2D eigenvalue weighted by atomic mass is 10.1. The number of hydrogen-bond donors (Lipinski definition) is 1. The number of aryl methyl sites for hydroxylation is 1. The van der Waals surface area contributed by atoms with E-state index in [9.17, 15) is 9.59 Å². The fourth-order valence-corrected chi connectivity index (χ4v) is 2.67. The number of carbonyl (C=O) groups excluding carboxylic acids is 2. The van der Waals surface area contributed by atoms with Gasteiger partial charge in [0.2, 0.25) is 0 Å². The maximum absolute atomic E-state index is 12.3. The van der Waals surface area contributed by atoms with E-state index < -0.39 is 5.97 Å². The highest BCUT2D eigenvalue weighted by atomic mass is 16.6. The van der Waals surface area contributed by atoms with Crippen molar-refractivity contribution in [3.05, 3.63) is 89.0 Å². The molecule has 0 aliphatic rings. The molecule has 0 fully saturated rings. The topological polar surface area (TPSA) is 86.2 Å². The van der Waals surface area contributed by atoms with Gasteiger partial charge in [-0.05, 0) is 67.1 Å². The molecule has 31 heavy (non-hydrogen) atoms. The molecule has 0 radical (unpaired) electrons. The number of carbonyl (C=O) groups is 2. The molecule has 7 heteroatoms. The van der Waals surface area contributed by atoms with E-state index in [0.717, 1.165) is 5.56 Å². The average molecular weight is 418 g/mol. The quantitative estimate of drug-likeness (QED) is 0.271. The summed E-state index contributed by atoms with van der Waals surface area (Å²) in [6.45, 7) is 1.94. The highest BCUT2D eigenvalue weighted by Crippen LogP contribution is 2.28. The maximum Gasteiger partial charge on any atom is 0.343 e. The van der Waals surface area contributed by atoms with Gasteiger partial charge in [-0.25, -0.2) is 10.2 Å². The summed E-state index contributed by atoms with van der Waals surface area (Å²) in [6.07, 6.45) is 1.47. The van der Waals surface area contributed by atoms with E-state index in [-0.39, 0.29) is 11.7 Å². The first-order valence-electron chi connectivity index (χ1n) is 9.44. The molecule has 3 aromatic rings. The number of esters is 1. The Bertz CT molecular complexity index is 1090. The number of amides is 1. The zero-order chi connectivity index (χ0) is 22.2. The highest BCUT2D eigenvalue weighted by Gasteiger charge is 2.13. The van der Waals surface area contributed by atoms with Crippen molar-refractivity contribution < 1.29 is 23.8 Å². The van der Waals surface area contributed by atoms with Crippen LogP contribution in [-0.2, 0) is 0 Å². The third kappa shape index (κ3) is 5.70. The highest BCUT2D eigenvalue weighted by molar-refractivity contribution is 5.95. The number of benzene rings is 3. The molecule has 0 aliphatic heterocycles. The predicted molar refractivity (Wildman–Crippen MR) is 117 cm³/mol. The minimum atomic E-state index is -0.480. The van der Waals surface area contributed by atoms with Crippen molar-refractivity contribution in [2.45, 2.75) is 6.92 Å². The zero-order valence-corrected chi connectivity index (χ0v) is 17.4. The number of hydrazone groups is 1. The van der Waals surface area contributed by atoms with E-state index in [2.05, 4.69) is 10.5 Å². The molecule has 0 bridgehead atoms. The molecule has 3 aromatic carbocycles. The van der Waals surface area contributed by atoms with Crippen LogP contribution in [0.4, 0.5) is 0 Å². The predicted octanol–water partition coefficient (Wildman–Crippen LogP) is 4.00. The summed E-state index contributed by atoms with van der Waals surface area (Å²) in [4.78, 5) is 24.5. The minimum Gasteiger partial charge on any atom is -0.497 e. The van der Waals surface area contributed by atoms with Gasteiger partial charge in [-0.3, -0.25) is 4.79 Å². The Morgan fingerprint density at radius 2 is 1.52 bits per heavy atom. The summed E-state index contributed by atoms with van der Waals surface area (Å²) in [7, 11) is 3.04. The van der Waals surface area contributed by atoms with Crippen molar-refractivity contribution in [3.8, 4) is 17.2 Å². The zero-order valence-electron chi connectivity index (χ0n) is 17.4. The summed E-state index contributed by atoms with van der Waals surface area (Å²) >= 11 is 0. The lowest BCUT2D eigenvalue weighted by Crippen LogP contribution is -2.17. The molecule has 1 N–H and O–H groups in total. The molecular formula is C24H22N2O5. The van der Waals surface area contributed by atoms with E-state index in [0.29, 0.717) is 28.2 Å². The van der Waals surface area contributed by atoms with Crippen LogP contribution in [0.5, 0.6) is 17.2 Å². The van der Waals surface area contributed by atoms with E-state index in [4.69, 9.17) is 14.2 Å². The second-order valence-electron chi connectivity index (χ2n) is 6.59. The number of nitrogens with one attached hydrogen (secondary N) is 1. The molecular weight excluding hydrogens is 396 g/mol. The van der Waals surface area contributed by atoms with Crippen molar-refractivity contribution >= 4 is 18.1 Å². The first-order chi connectivity index (χ1) is 15.0. The van der Waals surface area contributed by atoms with Crippen LogP contribution in [0.1, 0.15) is 31.8 Å². The second kappa shape index (κ2) is 10.1. The number of methoxy groups -OCH3 is 2. The van der Waals surface area contributed by atoms with Crippen molar-refractivity contribution in [2.75, 3.05) is 14.2 Å². The average Bonchev–Trinajstić information content (AvgIpc) is 2.80. The summed E-state index contributed by atoms with van der Waals surface area (Å²) in [5.74, 6) is 0.481. The largest absolute Gasteiger partial charge is 0.497 e. The van der Waals surface area contributed by atoms with Gasteiger partial charge in [0.1, 0.15) is 5.75 Å². The summed E-state index contributed by atoms with van der Waals surface area (Å²) < 4.78 is 15.8.